The second-order valence-corrected chi connectivity index (χ2v) is 4.82. The predicted molar refractivity (Wildman–Crippen MR) is 75.2 cm³/mol. The van der Waals surface area contributed by atoms with Crippen molar-refractivity contribution in [1.29, 1.82) is 0 Å². The van der Waals surface area contributed by atoms with Gasteiger partial charge < -0.3 is 9.88 Å². The number of hydrogen-bond acceptors (Lipinski definition) is 5. The minimum atomic E-state index is -0.383. The molecule has 0 aliphatic heterocycles. The quantitative estimate of drug-likeness (QED) is 0.744. The van der Waals surface area contributed by atoms with Gasteiger partial charge in [0.2, 0.25) is 5.91 Å². The molecule has 2 unspecified atom stereocenters. The Morgan fingerprint density at radius 1 is 1.33 bits per heavy atom. The third-order valence-electron chi connectivity index (χ3n) is 3.39. The van der Waals surface area contributed by atoms with Crippen molar-refractivity contribution in [2.45, 2.75) is 25.9 Å². The van der Waals surface area contributed by atoms with Gasteiger partial charge in [0.25, 0.3) is 0 Å². The summed E-state index contributed by atoms with van der Waals surface area (Å²) in [6, 6.07) is 7.00. The van der Waals surface area contributed by atoms with Crippen LogP contribution in [0, 0.1) is 0 Å². The van der Waals surface area contributed by atoms with E-state index in [1.165, 1.54) is 0 Å². The molecule has 2 heterocycles. The Morgan fingerprint density at radius 3 is 2.90 bits per heavy atom. The van der Waals surface area contributed by atoms with Crippen molar-refractivity contribution in [3.63, 3.8) is 0 Å². The molecular formula is C13H15N7O. The third-order valence-corrected chi connectivity index (χ3v) is 3.39. The van der Waals surface area contributed by atoms with Gasteiger partial charge in [0.05, 0.1) is 23.4 Å². The number of nitrogens with one attached hydrogen (secondary N) is 2. The number of imidazole rings is 1. The molecule has 3 aromatic rings. The normalized spacial score (nSPS) is 14.0. The van der Waals surface area contributed by atoms with E-state index >= 15 is 0 Å². The molecule has 0 saturated carbocycles. The van der Waals surface area contributed by atoms with E-state index in [9.17, 15) is 4.79 Å². The number of carbonyl (C=O) groups is 1. The first-order chi connectivity index (χ1) is 10.2. The number of aromatic amines is 1. The standard InChI is InChI=1S/C13H15N7O/c1-8(12-16-18-19-17-12)15-13(21)9(2)20-7-14-10-5-3-4-6-11(10)20/h3-9H,1-2H3,(H,15,21)(H,16,17,18,19). The largest absolute Gasteiger partial charge is 0.344 e. The predicted octanol–water partition coefficient (Wildman–Crippen LogP) is 0.988. The van der Waals surface area contributed by atoms with Crippen molar-refractivity contribution in [3.8, 4) is 0 Å². The minimum Gasteiger partial charge on any atom is -0.344 e. The number of hydrogen-bond donors (Lipinski definition) is 2. The molecule has 2 N–H and O–H groups in total. The smallest absolute Gasteiger partial charge is 0.243 e. The molecule has 0 spiro atoms. The van der Waals surface area contributed by atoms with Crippen LogP contribution in [0.4, 0.5) is 0 Å². The zero-order chi connectivity index (χ0) is 14.8. The third kappa shape index (κ3) is 2.47. The van der Waals surface area contributed by atoms with Crippen LogP contribution in [0.3, 0.4) is 0 Å². The molecule has 1 aromatic carbocycles. The van der Waals surface area contributed by atoms with E-state index in [4.69, 9.17) is 0 Å². The van der Waals surface area contributed by atoms with E-state index < -0.39 is 0 Å². The average molecular weight is 285 g/mol. The molecule has 0 saturated heterocycles. The Kier molecular flexibility index (Phi) is 3.35. The number of para-hydroxylation sites is 2. The molecule has 0 radical (unpaired) electrons. The number of nitrogens with zero attached hydrogens (tertiary/aromatic N) is 5. The maximum atomic E-state index is 12.3. The van der Waals surface area contributed by atoms with Gasteiger partial charge in [-0.15, -0.1) is 10.2 Å². The van der Waals surface area contributed by atoms with E-state index in [1.54, 1.807) is 6.33 Å². The van der Waals surface area contributed by atoms with Crippen LogP contribution in [0.1, 0.15) is 31.8 Å². The lowest BCUT2D eigenvalue weighted by molar-refractivity contribution is -0.124. The first-order valence-electron chi connectivity index (χ1n) is 6.62. The van der Waals surface area contributed by atoms with Gasteiger partial charge in [-0.1, -0.05) is 17.3 Å². The Hall–Kier alpha value is -2.77. The van der Waals surface area contributed by atoms with Crippen molar-refractivity contribution in [2.75, 3.05) is 0 Å². The zero-order valence-electron chi connectivity index (χ0n) is 11.7. The highest BCUT2D eigenvalue weighted by molar-refractivity contribution is 5.83. The van der Waals surface area contributed by atoms with E-state index in [2.05, 4.69) is 30.9 Å². The van der Waals surface area contributed by atoms with E-state index in [0.29, 0.717) is 5.82 Å². The second kappa shape index (κ2) is 5.31. The number of fused-ring (bicyclic) bond motifs is 1. The van der Waals surface area contributed by atoms with Crippen LogP contribution in [0.15, 0.2) is 30.6 Å². The molecule has 8 nitrogen and oxygen atoms in total. The van der Waals surface area contributed by atoms with Gasteiger partial charge in [0, 0.05) is 0 Å². The monoisotopic (exact) mass is 285 g/mol. The molecule has 0 fully saturated rings. The Labute approximate surface area is 120 Å². The van der Waals surface area contributed by atoms with E-state index in [-0.39, 0.29) is 18.0 Å². The molecule has 8 heteroatoms. The fourth-order valence-corrected chi connectivity index (χ4v) is 2.16. The second-order valence-electron chi connectivity index (χ2n) is 4.82. The number of rotatable bonds is 4. The summed E-state index contributed by atoms with van der Waals surface area (Å²) in [5.41, 5.74) is 1.79. The summed E-state index contributed by atoms with van der Waals surface area (Å²) in [5, 5.41) is 16.4. The average Bonchev–Trinajstić information content (AvgIpc) is 3.15. The lowest BCUT2D eigenvalue weighted by Gasteiger charge is -2.17. The van der Waals surface area contributed by atoms with Crippen molar-refractivity contribution < 1.29 is 4.79 Å². The molecule has 3 rings (SSSR count). The van der Waals surface area contributed by atoms with Crippen LogP contribution in [0.25, 0.3) is 11.0 Å². The maximum absolute atomic E-state index is 12.3. The molecule has 21 heavy (non-hydrogen) atoms. The maximum Gasteiger partial charge on any atom is 0.243 e. The van der Waals surface area contributed by atoms with Crippen molar-refractivity contribution >= 4 is 16.9 Å². The summed E-state index contributed by atoms with van der Waals surface area (Å²) < 4.78 is 1.84. The van der Waals surface area contributed by atoms with Crippen LogP contribution < -0.4 is 5.32 Å². The Morgan fingerprint density at radius 2 is 2.14 bits per heavy atom. The highest BCUT2D eigenvalue weighted by Gasteiger charge is 2.20. The number of aromatic nitrogens is 6. The summed E-state index contributed by atoms with van der Waals surface area (Å²) in [5.74, 6) is 0.321. The van der Waals surface area contributed by atoms with E-state index in [1.807, 2.05) is 42.7 Å². The molecular weight excluding hydrogens is 270 g/mol. The van der Waals surface area contributed by atoms with Crippen molar-refractivity contribution in [1.82, 2.24) is 35.5 Å². The molecule has 0 bridgehead atoms. The Balaban J connectivity index is 1.78. The molecule has 2 atom stereocenters. The van der Waals surface area contributed by atoms with Gasteiger partial charge in [0.1, 0.15) is 6.04 Å². The van der Waals surface area contributed by atoms with Crippen LogP contribution in [0.2, 0.25) is 0 Å². The highest BCUT2D eigenvalue weighted by atomic mass is 16.2. The van der Waals surface area contributed by atoms with Gasteiger partial charge in [-0.25, -0.2) is 4.98 Å². The summed E-state index contributed by atoms with van der Waals surface area (Å²) in [7, 11) is 0. The molecule has 0 aliphatic rings. The summed E-state index contributed by atoms with van der Waals surface area (Å²) in [4.78, 5) is 16.6. The Bertz CT molecular complexity index is 749. The number of amides is 1. The van der Waals surface area contributed by atoms with E-state index in [0.717, 1.165) is 11.0 Å². The first-order valence-corrected chi connectivity index (χ1v) is 6.62. The fraction of sp³-hybridized carbons (Fsp3) is 0.308. The number of carbonyl (C=O) groups excluding carboxylic acids is 1. The zero-order valence-corrected chi connectivity index (χ0v) is 11.7. The van der Waals surface area contributed by atoms with Gasteiger partial charge in [0.15, 0.2) is 5.82 Å². The van der Waals surface area contributed by atoms with Crippen LogP contribution in [0.5, 0.6) is 0 Å². The lowest BCUT2D eigenvalue weighted by Crippen LogP contribution is -2.33. The van der Waals surface area contributed by atoms with Gasteiger partial charge in [-0.05, 0) is 26.0 Å². The SMILES string of the molecule is CC(NC(=O)C(C)n1cnc2ccccc21)c1nn[nH]n1. The number of tetrazole rings is 1. The van der Waals surface area contributed by atoms with Crippen LogP contribution in [-0.4, -0.2) is 36.1 Å². The fourth-order valence-electron chi connectivity index (χ4n) is 2.16. The first kappa shape index (κ1) is 13.2. The minimum absolute atomic E-state index is 0.129. The number of H-pyrrole nitrogens is 1. The summed E-state index contributed by atoms with van der Waals surface area (Å²) >= 11 is 0. The van der Waals surface area contributed by atoms with Crippen LogP contribution in [-0.2, 0) is 4.79 Å². The topological polar surface area (TPSA) is 101 Å². The van der Waals surface area contributed by atoms with Crippen molar-refractivity contribution in [3.05, 3.63) is 36.4 Å². The summed E-state index contributed by atoms with van der Waals surface area (Å²) in [6.45, 7) is 3.63. The molecule has 108 valence electrons. The van der Waals surface area contributed by atoms with Gasteiger partial charge >= 0.3 is 0 Å². The lowest BCUT2D eigenvalue weighted by atomic mass is 10.2. The van der Waals surface area contributed by atoms with Crippen LogP contribution >= 0.6 is 0 Å². The highest BCUT2D eigenvalue weighted by Crippen LogP contribution is 2.18. The number of benzene rings is 1. The van der Waals surface area contributed by atoms with Gasteiger partial charge in [-0.3, -0.25) is 4.79 Å². The van der Waals surface area contributed by atoms with Crippen molar-refractivity contribution in [2.24, 2.45) is 0 Å². The molecule has 1 amide bonds. The van der Waals surface area contributed by atoms with Gasteiger partial charge in [-0.2, -0.15) is 5.21 Å². The summed E-state index contributed by atoms with van der Waals surface area (Å²) in [6.07, 6.45) is 1.67. The molecule has 0 aliphatic carbocycles. The molecule has 2 aromatic heterocycles.